The van der Waals surface area contributed by atoms with Crippen LogP contribution < -0.4 is 15.8 Å². The van der Waals surface area contributed by atoms with E-state index in [2.05, 4.69) is 5.32 Å². The molecule has 0 atom stereocenters. The SMILES string of the molecule is CC(=N)N1CCC(Oc2ccc(NC/C(C)=C/c3cccc(C(=N)N)c3)cc2[N+](=O)[O-])CC1. The molecule has 2 aromatic carbocycles. The maximum Gasteiger partial charge on any atom is 0.312 e. The molecule has 1 fully saturated rings. The van der Waals surface area contributed by atoms with Gasteiger partial charge in [0.05, 0.1) is 10.8 Å². The first-order valence-corrected chi connectivity index (χ1v) is 10.8. The molecule has 1 aliphatic rings. The van der Waals surface area contributed by atoms with Crippen LogP contribution in [0.25, 0.3) is 6.08 Å². The van der Waals surface area contributed by atoms with Crippen LogP contribution >= 0.6 is 0 Å². The summed E-state index contributed by atoms with van der Waals surface area (Å²) in [6.07, 6.45) is 3.33. The number of nitrogens with two attached hydrogens (primary N) is 1. The Kier molecular flexibility index (Phi) is 7.66. The van der Waals surface area contributed by atoms with Gasteiger partial charge in [-0.15, -0.1) is 0 Å². The van der Waals surface area contributed by atoms with Crippen LogP contribution in [0.1, 0.15) is 37.8 Å². The summed E-state index contributed by atoms with van der Waals surface area (Å²) in [5, 5.41) is 30.1. The number of rotatable bonds is 8. The molecular formula is C24H30N6O3. The molecule has 1 saturated heterocycles. The van der Waals surface area contributed by atoms with E-state index < -0.39 is 4.92 Å². The zero-order chi connectivity index (χ0) is 24.0. The lowest BCUT2D eigenvalue weighted by Crippen LogP contribution is -2.40. The second-order valence-corrected chi connectivity index (χ2v) is 8.21. The van der Waals surface area contributed by atoms with E-state index in [0.717, 1.165) is 24.0 Å². The summed E-state index contributed by atoms with van der Waals surface area (Å²) < 4.78 is 5.96. The number of amidine groups is 2. The van der Waals surface area contributed by atoms with Crippen molar-refractivity contribution in [3.8, 4) is 5.75 Å². The average Bonchev–Trinajstić information content (AvgIpc) is 2.78. The number of nitro benzene ring substituents is 1. The lowest BCUT2D eigenvalue weighted by molar-refractivity contribution is -0.386. The van der Waals surface area contributed by atoms with Crippen LogP contribution in [-0.2, 0) is 0 Å². The molecule has 0 saturated carbocycles. The van der Waals surface area contributed by atoms with Crippen LogP contribution in [0.4, 0.5) is 11.4 Å². The van der Waals surface area contributed by atoms with Crippen molar-refractivity contribution in [3.63, 3.8) is 0 Å². The predicted molar refractivity (Wildman–Crippen MR) is 131 cm³/mol. The molecule has 9 nitrogen and oxygen atoms in total. The van der Waals surface area contributed by atoms with Crippen molar-refractivity contribution < 1.29 is 9.66 Å². The monoisotopic (exact) mass is 450 g/mol. The van der Waals surface area contributed by atoms with Gasteiger partial charge < -0.3 is 20.7 Å². The smallest absolute Gasteiger partial charge is 0.312 e. The number of nitro groups is 1. The molecule has 5 N–H and O–H groups in total. The van der Waals surface area contributed by atoms with Crippen LogP contribution in [0, 0.1) is 20.9 Å². The van der Waals surface area contributed by atoms with Crippen LogP contribution in [0.15, 0.2) is 48.0 Å². The average molecular weight is 451 g/mol. The highest BCUT2D eigenvalue weighted by Crippen LogP contribution is 2.32. The number of piperidine rings is 1. The van der Waals surface area contributed by atoms with Gasteiger partial charge in [-0.2, -0.15) is 0 Å². The standard InChI is InChI=1S/C24H30N6O3/c1-16(12-18-4-3-5-19(13-18)24(26)27)15-28-20-6-7-23(22(14-20)30(31)32)33-21-8-10-29(11-9-21)17(2)25/h3-7,12-14,21,25,28H,8-11,15H2,1-2H3,(H3,26,27)/b16-12+,25-17?. The van der Waals surface area contributed by atoms with Gasteiger partial charge in [-0.25, -0.2) is 0 Å². The van der Waals surface area contributed by atoms with Crippen molar-refractivity contribution in [2.24, 2.45) is 5.73 Å². The summed E-state index contributed by atoms with van der Waals surface area (Å²) in [5.41, 5.74) is 8.73. The maximum absolute atomic E-state index is 11.6. The van der Waals surface area contributed by atoms with E-state index in [4.69, 9.17) is 21.3 Å². The van der Waals surface area contributed by atoms with Gasteiger partial charge in [-0.05, 0) is 37.6 Å². The van der Waals surface area contributed by atoms with Crippen molar-refractivity contribution in [1.29, 1.82) is 10.8 Å². The molecule has 1 aliphatic heterocycles. The molecule has 0 unspecified atom stereocenters. The predicted octanol–water partition coefficient (Wildman–Crippen LogP) is 4.23. The van der Waals surface area contributed by atoms with E-state index in [0.29, 0.717) is 36.7 Å². The van der Waals surface area contributed by atoms with Crippen molar-refractivity contribution in [1.82, 2.24) is 4.90 Å². The molecule has 0 aromatic heterocycles. The molecule has 0 amide bonds. The topological polar surface area (TPSA) is 141 Å². The largest absolute Gasteiger partial charge is 0.483 e. The molecule has 3 rings (SSSR count). The van der Waals surface area contributed by atoms with E-state index in [1.54, 1.807) is 25.1 Å². The summed E-state index contributed by atoms with van der Waals surface area (Å²) in [5.74, 6) is 0.820. The first-order chi connectivity index (χ1) is 15.7. The molecule has 9 heteroatoms. The summed E-state index contributed by atoms with van der Waals surface area (Å²) in [4.78, 5) is 13.2. The minimum atomic E-state index is -0.423. The van der Waals surface area contributed by atoms with Crippen LogP contribution in [0.3, 0.4) is 0 Å². The Balaban J connectivity index is 1.64. The van der Waals surface area contributed by atoms with Crippen LogP contribution in [-0.4, -0.2) is 47.2 Å². The summed E-state index contributed by atoms with van der Waals surface area (Å²) >= 11 is 0. The minimum Gasteiger partial charge on any atom is -0.483 e. The fraction of sp³-hybridized carbons (Fsp3) is 0.333. The molecule has 33 heavy (non-hydrogen) atoms. The number of benzene rings is 2. The Bertz CT molecular complexity index is 1070. The van der Waals surface area contributed by atoms with Gasteiger partial charge in [0.15, 0.2) is 5.75 Å². The normalized spacial score (nSPS) is 14.6. The van der Waals surface area contributed by atoms with E-state index in [9.17, 15) is 10.1 Å². The number of likely N-dealkylation sites (tertiary alicyclic amines) is 1. The second kappa shape index (κ2) is 10.6. The molecule has 2 aromatic rings. The Labute approximate surface area is 193 Å². The number of nitrogens with zero attached hydrogens (tertiary/aromatic N) is 2. The van der Waals surface area contributed by atoms with E-state index in [1.165, 1.54) is 6.07 Å². The second-order valence-electron chi connectivity index (χ2n) is 8.21. The van der Waals surface area contributed by atoms with Gasteiger partial charge in [0, 0.05) is 49.8 Å². The Hall–Kier alpha value is -3.88. The van der Waals surface area contributed by atoms with E-state index >= 15 is 0 Å². The van der Waals surface area contributed by atoms with Gasteiger partial charge in [-0.3, -0.25) is 20.9 Å². The summed E-state index contributed by atoms with van der Waals surface area (Å²) in [6.45, 7) is 5.66. The Morgan fingerprint density at radius 1 is 1.24 bits per heavy atom. The van der Waals surface area contributed by atoms with Crippen molar-refractivity contribution in [2.45, 2.75) is 32.8 Å². The van der Waals surface area contributed by atoms with Crippen molar-refractivity contribution in [3.05, 3.63) is 69.3 Å². The lowest BCUT2D eigenvalue weighted by Gasteiger charge is -2.32. The number of nitrogen functional groups attached to an aromatic ring is 1. The molecule has 174 valence electrons. The lowest BCUT2D eigenvalue weighted by atomic mass is 10.1. The first-order valence-electron chi connectivity index (χ1n) is 10.8. The van der Waals surface area contributed by atoms with Gasteiger partial charge in [-0.1, -0.05) is 29.8 Å². The third-order valence-electron chi connectivity index (χ3n) is 5.55. The van der Waals surface area contributed by atoms with Gasteiger partial charge in [0.2, 0.25) is 0 Å². The highest BCUT2D eigenvalue weighted by molar-refractivity contribution is 5.95. The van der Waals surface area contributed by atoms with Crippen molar-refractivity contribution in [2.75, 3.05) is 25.0 Å². The Morgan fingerprint density at radius 3 is 2.61 bits per heavy atom. The van der Waals surface area contributed by atoms with Gasteiger partial charge >= 0.3 is 5.69 Å². The molecule has 0 bridgehead atoms. The quantitative estimate of drug-likeness (QED) is 0.205. The highest BCUT2D eigenvalue weighted by Gasteiger charge is 2.24. The van der Waals surface area contributed by atoms with Crippen molar-refractivity contribution >= 4 is 29.1 Å². The van der Waals surface area contributed by atoms with Crippen LogP contribution in [0.5, 0.6) is 5.75 Å². The summed E-state index contributed by atoms with van der Waals surface area (Å²) in [6, 6.07) is 12.3. The number of ether oxygens (including phenoxy) is 1. The minimum absolute atomic E-state index is 0.0195. The highest BCUT2D eigenvalue weighted by atomic mass is 16.6. The number of nitrogens with one attached hydrogen (secondary N) is 3. The van der Waals surface area contributed by atoms with E-state index in [1.807, 2.05) is 36.1 Å². The van der Waals surface area contributed by atoms with Crippen LogP contribution in [0.2, 0.25) is 0 Å². The molecule has 0 radical (unpaired) electrons. The number of hydrogen-bond donors (Lipinski definition) is 4. The third kappa shape index (κ3) is 6.55. The van der Waals surface area contributed by atoms with Gasteiger partial charge in [0.1, 0.15) is 11.9 Å². The number of hydrogen-bond acceptors (Lipinski definition) is 6. The summed E-state index contributed by atoms with van der Waals surface area (Å²) in [7, 11) is 0. The molecule has 1 heterocycles. The molecule has 0 spiro atoms. The third-order valence-corrected chi connectivity index (χ3v) is 5.55. The zero-order valence-corrected chi connectivity index (χ0v) is 18.9. The molecule has 0 aliphatic carbocycles. The molecular weight excluding hydrogens is 420 g/mol. The fourth-order valence-corrected chi connectivity index (χ4v) is 3.73. The van der Waals surface area contributed by atoms with Gasteiger partial charge in [0.25, 0.3) is 0 Å². The zero-order valence-electron chi connectivity index (χ0n) is 18.9. The number of anilines is 1. The fourth-order valence-electron chi connectivity index (χ4n) is 3.73. The van der Waals surface area contributed by atoms with E-state index in [-0.39, 0.29) is 23.4 Å². The maximum atomic E-state index is 11.6. The first kappa shape index (κ1) is 23.8. The Morgan fingerprint density at radius 2 is 1.97 bits per heavy atom.